The first kappa shape index (κ1) is 13.0. The fourth-order valence-corrected chi connectivity index (χ4v) is 1.66. The molecule has 1 amide bonds. The molecule has 0 aliphatic carbocycles. The number of amides is 1. The number of aryl methyl sites for hydroxylation is 2. The highest BCUT2D eigenvalue weighted by molar-refractivity contribution is 6.17. The van der Waals surface area contributed by atoms with Crippen molar-refractivity contribution >= 4 is 17.5 Å². The average Bonchev–Trinajstić information content (AvgIpc) is 2.28. The van der Waals surface area contributed by atoms with Gasteiger partial charge in [-0.25, -0.2) is 0 Å². The summed E-state index contributed by atoms with van der Waals surface area (Å²) in [6.07, 6.45) is 2.18. The molecule has 0 aromatic heterocycles. The average molecular weight is 240 g/mol. The fourth-order valence-electron chi connectivity index (χ4n) is 1.52. The van der Waals surface area contributed by atoms with Crippen LogP contribution in [0.1, 0.15) is 24.0 Å². The molecule has 0 unspecified atom stereocenters. The van der Waals surface area contributed by atoms with E-state index in [0.29, 0.717) is 18.8 Å². The van der Waals surface area contributed by atoms with E-state index < -0.39 is 0 Å². The molecule has 0 spiro atoms. The van der Waals surface area contributed by atoms with E-state index in [4.69, 9.17) is 11.6 Å². The number of carbonyl (C=O) groups is 1. The summed E-state index contributed by atoms with van der Waals surface area (Å²) in [5.74, 6) is 0.700. The minimum Gasteiger partial charge on any atom is -0.356 e. The van der Waals surface area contributed by atoms with Gasteiger partial charge >= 0.3 is 0 Å². The molecule has 0 fully saturated rings. The third-order valence-electron chi connectivity index (χ3n) is 2.52. The van der Waals surface area contributed by atoms with E-state index in [1.165, 1.54) is 11.1 Å². The summed E-state index contributed by atoms with van der Waals surface area (Å²) in [5, 5.41) is 2.85. The Kier molecular flexibility index (Phi) is 5.94. The molecule has 0 aliphatic heterocycles. The van der Waals surface area contributed by atoms with Crippen molar-refractivity contribution in [2.24, 2.45) is 0 Å². The zero-order chi connectivity index (χ0) is 11.8. The molecule has 0 saturated heterocycles. The Hall–Kier alpha value is -1.02. The van der Waals surface area contributed by atoms with Crippen LogP contribution < -0.4 is 5.32 Å². The Morgan fingerprint density at radius 2 is 2.12 bits per heavy atom. The zero-order valence-electron chi connectivity index (χ0n) is 9.63. The minimum absolute atomic E-state index is 0.105. The quantitative estimate of drug-likeness (QED) is 0.600. The molecule has 2 nitrogen and oxygen atoms in total. The highest BCUT2D eigenvalue weighted by atomic mass is 35.5. The lowest BCUT2D eigenvalue weighted by atomic mass is 10.0. The van der Waals surface area contributed by atoms with E-state index in [9.17, 15) is 4.79 Å². The second-order valence-electron chi connectivity index (χ2n) is 3.82. The maximum absolute atomic E-state index is 11.4. The minimum atomic E-state index is 0.105. The highest BCUT2D eigenvalue weighted by Gasteiger charge is 2.02. The van der Waals surface area contributed by atoms with Crippen molar-refractivity contribution < 1.29 is 4.79 Å². The van der Waals surface area contributed by atoms with Crippen LogP contribution >= 0.6 is 11.6 Å². The van der Waals surface area contributed by atoms with Crippen LogP contribution in [0.5, 0.6) is 0 Å². The Morgan fingerprint density at radius 3 is 2.81 bits per heavy atom. The third-order valence-corrected chi connectivity index (χ3v) is 2.78. The molecule has 0 saturated carbocycles. The predicted molar refractivity (Wildman–Crippen MR) is 67.8 cm³/mol. The van der Waals surface area contributed by atoms with Crippen molar-refractivity contribution in [1.29, 1.82) is 0 Å². The van der Waals surface area contributed by atoms with Gasteiger partial charge in [0.05, 0.1) is 0 Å². The van der Waals surface area contributed by atoms with Crippen LogP contribution in [0.25, 0.3) is 0 Å². The molecule has 1 aromatic carbocycles. The van der Waals surface area contributed by atoms with Crippen LogP contribution in [0.2, 0.25) is 0 Å². The van der Waals surface area contributed by atoms with Gasteiger partial charge in [-0.3, -0.25) is 4.79 Å². The van der Waals surface area contributed by atoms with Gasteiger partial charge in [0.2, 0.25) is 5.91 Å². The van der Waals surface area contributed by atoms with Crippen molar-refractivity contribution in [2.45, 2.75) is 26.2 Å². The lowest BCUT2D eigenvalue weighted by Crippen LogP contribution is -2.24. The van der Waals surface area contributed by atoms with Crippen LogP contribution in [0, 0.1) is 6.92 Å². The van der Waals surface area contributed by atoms with E-state index >= 15 is 0 Å². The summed E-state index contributed by atoms with van der Waals surface area (Å²) < 4.78 is 0. The number of benzene rings is 1. The summed E-state index contributed by atoms with van der Waals surface area (Å²) in [5.41, 5.74) is 2.49. The molecule has 88 valence electrons. The topological polar surface area (TPSA) is 29.1 Å². The molecule has 3 heteroatoms. The maximum atomic E-state index is 11.4. The Bertz CT molecular complexity index is 338. The summed E-state index contributed by atoms with van der Waals surface area (Å²) in [6, 6.07) is 8.16. The number of halogens is 1. The zero-order valence-corrected chi connectivity index (χ0v) is 10.4. The molecular weight excluding hydrogens is 222 g/mol. The smallest absolute Gasteiger partial charge is 0.220 e. The molecule has 16 heavy (non-hydrogen) atoms. The van der Waals surface area contributed by atoms with Crippen molar-refractivity contribution in [1.82, 2.24) is 5.32 Å². The van der Waals surface area contributed by atoms with E-state index in [2.05, 4.69) is 24.4 Å². The van der Waals surface area contributed by atoms with Gasteiger partial charge in [0.25, 0.3) is 0 Å². The molecule has 1 aromatic rings. The SMILES string of the molecule is Cc1ccccc1CCC(=O)NCCCCl. The molecule has 0 heterocycles. The van der Waals surface area contributed by atoms with Crippen LogP contribution in [-0.2, 0) is 11.2 Å². The lowest BCUT2D eigenvalue weighted by molar-refractivity contribution is -0.121. The number of hydrogen-bond donors (Lipinski definition) is 1. The third kappa shape index (κ3) is 4.67. The van der Waals surface area contributed by atoms with Gasteiger partial charge in [0.1, 0.15) is 0 Å². The molecule has 0 atom stereocenters. The molecule has 0 aliphatic rings. The first-order chi connectivity index (χ1) is 7.74. The van der Waals surface area contributed by atoms with E-state index in [1.807, 2.05) is 12.1 Å². The highest BCUT2D eigenvalue weighted by Crippen LogP contribution is 2.09. The standard InChI is InChI=1S/C13H18ClNO/c1-11-5-2-3-6-12(11)7-8-13(16)15-10-4-9-14/h2-3,5-6H,4,7-10H2,1H3,(H,15,16). The summed E-state index contributed by atoms with van der Waals surface area (Å²) >= 11 is 5.53. The van der Waals surface area contributed by atoms with Crippen molar-refractivity contribution in [3.63, 3.8) is 0 Å². The van der Waals surface area contributed by atoms with Crippen LogP contribution in [0.15, 0.2) is 24.3 Å². The van der Waals surface area contributed by atoms with Crippen molar-refractivity contribution in [3.8, 4) is 0 Å². The lowest BCUT2D eigenvalue weighted by Gasteiger charge is -2.06. The molecule has 1 N–H and O–H groups in total. The number of rotatable bonds is 6. The summed E-state index contributed by atoms with van der Waals surface area (Å²) in [4.78, 5) is 11.4. The van der Waals surface area contributed by atoms with Gasteiger partial charge in [-0.15, -0.1) is 11.6 Å². The van der Waals surface area contributed by atoms with E-state index in [0.717, 1.165) is 12.8 Å². The normalized spacial score (nSPS) is 10.1. The Labute approximate surface area is 102 Å². The van der Waals surface area contributed by atoms with E-state index in [-0.39, 0.29) is 5.91 Å². The first-order valence-electron chi connectivity index (χ1n) is 5.61. The van der Waals surface area contributed by atoms with Crippen LogP contribution in [0.3, 0.4) is 0 Å². The van der Waals surface area contributed by atoms with E-state index in [1.54, 1.807) is 0 Å². The second-order valence-corrected chi connectivity index (χ2v) is 4.20. The fraction of sp³-hybridized carbons (Fsp3) is 0.462. The van der Waals surface area contributed by atoms with Gasteiger partial charge in [-0.05, 0) is 30.9 Å². The first-order valence-corrected chi connectivity index (χ1v) is 6.14. The number of alkyl halides is 1. The predicted octanol–water partition coefficient (Wildman–Crippen LogP) is 2.67. The largest absolute Gasteiger partial charge is 0.356 e. The van der Waals surface area contributed by atoms with Gasteiger partial charge < -0.3 is 5.32 Å². The Balaban J connectivity index is 2.29. The summed E-state index contributed by atoms with van der Waals surface area (Å²) in [6.45, 7) is 2.75. The van der Waals surface area contributed by atoms with Gasteiger partial charge in [-0.1, -0.05) is 24.3 Å². The monoisotopic (exact) mass is 239 g/mol. The van der Waals surface area contributed by atoms with Crippen molar-refractivity contribution in [2.75, 3.05) is 12.4 Å². The number of carbonyl (C=O) groups excluding carboxylic acids is 1. The molecule has 1 rings (SSSR count). The molecule has 0 radical (unpaired) electrons. The molecular formula is C13H18ClNO. The summed E-state index contributed by atoms with van der Waals surface area (Å²) in [7, 11) is 0. The Morgan fingerprint density at radius 1 is 1.38 bits per heavy atom. The number of hydrogen-bond acceptors (Lipinski definition) is 1. The number of nitrogens with one attached hydrogen (secondary N) is 1. The van der Waals surface area contributed by atoms with Gasteiger partial charge in [0.15, 0.2) is 0 Å². The van der Waals surface area contributed by atoms with Gasteiger partial charge in [-0.2, -0.15) is 0 Å². The molecule has 0 bridgehead atoms. The second kappa shape index (κ2) is 7.29. The van der Waals surface area contributed by atoms with Gasteiger partial charge in [0, 0.05) is 18.8 Å². The van der Waals surface area contributed by atoms with Crippen LogP contribution in [0.4, 0.5) is 0 Å². The maximum Gasteiger partial charge on any atom is 0.220 e. The van der Waals surface area contributed by atoms with Crippen LogP contribution in [-0.4, -0.2) is 18.3 Å². The van der Waals surface area contributed by atoms with Crippen molar-refractivity contribution in [3.05, 3.63) is 35.4 Å².